The fraction of sp³-hybridized carbons (Fsp3) is 0.179. The molecule has 0 aliphatic carbocycles. The highest BCUT2D eigenvalue weighted by atomic mass is 32.1. The molecule has 176 valence electrons. The average Bonchev–Trinajstić information content (AvgIpc) is 3.35. The molecule has 1 aliphatic rings. The van der Waals surface area contributed by atoms with Gasteiger partial charge in [-0.1, -0.05) is 36.4 Å². The minimum atomic E-state index is -0.932. The van der Waals surface area contributed by atoms with Gasteiger partial charge in [-0.25, -0.2) is 4.79 Å². The maximum absolute atomic E-state index is 11.3. The van der Waals surface area contributed by atoms with Gasteiger partial charge in [0.15, 0.2) is 5.11 Å². The number of pyridine rings is 1. The smallest absolute Gasteiger partial charge is 0.335 e. The Balaban J connectivity index is 1.60. The van der Waals surface area contributed by atoms with Crippen LogP contribution in [0.1, 0.15) is 50.7 Å². The summed E-state index contributed by atoms with van der Waals surface area (Å²) in [6.07, 6.45) is 1.81. The summed E-state index contributed by atoms with van der Waals surface area (Å²) in [6.45, 7) is 4.85. The van der Waals surface area contributed by atoms with Crippen LogP contribution in [0.15, 0.2) is 85.1 Å². The van der Waals surface area contributed by atoms with Gasteiger partial charge in [-0.05, 0) is 79.7 Å². The van der Waals surface area contributed by atoms with Crippen LogP contribution < -0.4 is 5.32 Å². The quantitative estimate of drug-likeness (QED) is 0.361. The number of nitrogens with zero attached hydrogens (tertiary/aromatic N) is 3. The molecule has 1 aliphatic heterocycles. The molecule has 1 fully saturated rings. The number of hydrogen-bond acceptors (Lipinski definition) is 3. The van der Waals surface area contributed by atoms with Gasteiger partial charge < -0.3 is 19.9 Å². The Kier molecular flexibility index (Phi) is 6.09. The zero-order valence-electron chi connectivity index (χ0n) is 19.6. The van der Waals surface area contributed by atoms with Gasteiger partial charge in [0.1, 0.15) is 0 Å². The number of rotatable bonds is 6. The molecule has 5 rings (SSSR count). The number of thiocarbonyl (C=S) groups is 1. The molecule has 35 heavy (non-hydrogen) atoms. The minimum absolute atomic E-state index is 0.0594. The van der Waals surface area contributed by atoms with Crippen LogP contribution in [0.25, 0.3) is 5.69 Å². The highest BCUT2D eigenvalue weighted by Gasteiger charge is 2.41. The van der Waals surface area contributed by atoms with Gasteiger partial charge in [-0.15, -0.1) is 0 Å². The van der Waals surface area contributed by atoms with Gasteiger partial charge in [0.25, 0.3) is 0 Å². The molecule has 2 aromatic heterocycles. The normalized spacial score (nSPS) is 17.4. The van der Waals surface area contributed by atoms with E-state index in [1.54, 1.807) is 12.1 Å². The van der Waals surface area contributed by atoms with Gasteiger partial charge in [0.2, 0.25) is 0 Å². The van der Waals surface area contributed by atoms with Crippen molar-refractivity contribution < 1.29 is 9.90 Å². The Morgan fingerprint density at radius 2 is 1.74 bits per heavy atom. The SMILES string of the molecule is Cc1cc([C@H]2[C@H](c3ccccn3)NC(=S)N2Cc2ccccc2)c(C)n1-c1ccc(C(=O)O)cc1. The first-order chi connectivity index (χ1) is 16.9. The number of carboxylic acids is 1. The van der Waals surface area contributed by atoms with Crippen LogP contribution in [-0.2, 0) is 6.54 Å². The van der Waals surface area contributed by atoms with Crippen LogP contribution in [0.5, 0.6) is 0 Å². The number of carboxylic acid groups (broad SMARTS) is 1. The number of carbonyl (C=O) groups is 1. The Morgan fingerprint density at radius 3 is 2.40 bits per heavy atom. The van der Waals surface area contributed by atoms with E-state index in [0.717, 1.165) is 28.3 Å². The molecule has 1 saturated heterocycles. The van der Waals surface area contributed by atoms with Crippen molar-refractivity contribution in [3.63, 3.8) is 0 Å². The zero-order valence-corrected chi connectivity index (χ0v) is 20.4. The molecule has 0 saturated carbocycles. The number of nitrogens with one attached hydrogen (secondary N) is 1. The second kappa shape index (κ2) is 9.35. The molecular formula is C28H26N4O2S. The first-order valence-corrected chi connectivity index (χ1v) is 11.9. The van der Waals surface area contributed by atoms with Crippen molar-refractivity contribution in [1.82, 2.24) is 19.8 Å². The molecule has 2 aromatic carbocycles. The summed E-state index contributed by atoms with van der Waals surface area (Å²) in [6, 6.07) is 25.3. The van der Waals surface area contributed by atoms with Gasteiger partial charge in [0, 0.05) is 29.8 Å². The Bertz CT molecular complexity index is 1370. The van der Waals surface area contributed by atoms with Gasteiger partial charge in [-0.2, -0.15) is 0 Å². The molecular weight excluding hydrogens is 456 g/mol. The third-order valence-electron chi connectivity index (χ3n) is 6.55. The molecule has 0 unspecified atom stereocenters. The summed E-state index contributed by atoms with van der Waals surface area (Å²) >= 11 is 5.83. The number of aromatic carboxylic acids is 1. The number of hydrogen-bond donors (Lipinski definition) is 2. The second-order valence-corrected chi connectivity index (χ2v) is 9.14. The van der Waals surface area contributed by atoms with E-state index in [1.165, 1.54) is 5.56 Å². The standard InChI is InChI=1S/C28H26N4O2S/c1-18-16-23(19(2)32(18)22-13-11-21(12-14-22)27(33)34)26-25(24-10-6-7-15-29-24)30-28(35)31(26)17-20-8-4-3-5-9-20/h3-16,25-26H,17H2,1-2H3,(H,30,35)(H,33,34)/t25-,26-/m0/s1. The zero-order chi connectivity index (χ0) is 24.5. The monoisotopic (exact) mass is 482 g/mol. The van der Waals surface area contributed by atoms with E-state index < -0.39 is 5.97 Å². The van der Waals surface area contributed by atoms with Crippen LogP contribution in [-0.4, -0.2) is 30.6 Å². The lowest BCUT2D eigenvalue weighted by Gasteiger charge is -2.28. The van der Waals surface area contributed by atoms with E-state index in [1.807, 2.05) is 54.7 Å². The van der Waals surface area contributed by atoms with E-state index in [-0.39, 0.29) is 17.6 Å². The lowest BCUT2D eigenvalue weighted by atomic mass is 9.96. The maximum Gasteiger partial charge on any atom is 0.335 e. The van der Waals surface area contributed by atoms with Gasteiger partial charge in [-0.3, -0.25) is 4.98 Å². The summed E-state index contributed by atoms with van der Waals surface area (Å²) in [7, 11) is 0. The van der Waals surface area contributed by atoms with Crippen LogP contribution >= 0.6 is 12.2 Å². The number of aromatic nitrogens is 2. The number of aryl methyl sites for hydroxylation is 1. The predicted octanol–water partition coefficient (Wildman–Crippen LogP) is 5.36. The van der Waals surface area contributed by atoms with Crippen LogP contribution in [0.2, 0.25) is 0 Å². The van der Waals surface area contributed by atoms with Crippen molar-refractivity contribution in [2.24, 2.45) is 0 Å². The molecule has 7 heteroatoms. The molecule has 2 N–H and O–H groups in total. The fourth-order valence-electron chi connectivity index (χ4n) is 4.93. The molecule has 3 heterocycles. The second-order valence-electron chi connectivity index (χ2n) is 8.75. The van der Waals surface area contributed by atoms with Crippen molar-refractivity contribution in [1.29, 1.82) is 0 Å². The van der Waals surface area contributed by atoms with E-state index in [9.17, 15) is 9.90 Å². The lowest BCUT2D eigenvalue weighted by Crippen LogP contribution is -2.29. The van der Waals surface area contributed by atoms with Crippen molar-refractivity contribution in [3.05, 3.63) is 119 Å². The van der Waals surface area contributed by atoms with E-state index in [0.29, 0.717) is 11.7 Å². The largest absolute Gasteiger partial charge is 0.478 e. The molecule has 4 aromatic rings. The maximum atomic E-state index is 11.3. The summed E-state index contributed by atoms with van der Waals surface area (Å²) in [5.74, 6) is -0.932. The van der Waals surface area contributed by atoms with Crippen LogP contribution in [0.3, 0.4) is 0 Å². The van der Waals surface area contributed by atoms with Gasteiger partial charge in [0.05, 0.1) is 23.3 Å². The van der Waals surface area contributed by atoms with E-state index in [2.05, 4.69) is 51.8 Å². The van der Waals surface area contributed by atoms with Crippen LogP contribution in [0.4, 0.5) is 0 Å². The first kappa shape index (κ1) is 22.8. The lowest BCUT2D eigenvalue weighted by molar-refractivity contribution is 0.0697. The topological polar surface area (TPSA) is 70.4 Å². The number of benzene rings is 2. The third-order valence-corrected chi connectivity index (χ3v) is 6.91. The van der Waals surface area contributed by atoms with Crippen molar-refractivity contribution >= 4 is 23.3 Å². The summed E-state index contributed by atoms with van der Waals surface area (Å²) in [4.78, 5) is 18.2. The third kappa shape index (κ3) is 4.31. The Hall–Kier alpha value is -3.97. The van der Waals surface area contributed by atoms with Crippen LogP contribution in [0, 0.1) is 13.8 Å². The summed E-state index contributed by atoms with van der Waals surface area (Å²) in [5, 5.41) is 13.5. The van der Waals surface area contributed by atoms with Crippen molar-refractivity contribution in [2.45, 2.75) is 32.5 Å². The fourth-order valence-corrected chi connectivity index (χ4v) is 5.24. The highest BCUT2D eigenvalue weighted by molar-refractivity contribution is 7.80. The van der Waals surface area contributed by atoms with Crippen molar-refractivity contribution in [3.8, 4) is 5.69 Å². The molecule has 0 spiro atoms. The minimum Gasteiger partial charge on any atom is -0.478 e. The van der Waals surface area contributed by atoms with E-state index in [4.69, 9.17) is 12.2 Å². The first-order valence-electron chi connectivity index (χ1n) is 11.5. The molecule has 2 atom stereocenters. The predicted molar refractivity (Wildman–Crippen MR) is 140 cm³/mol. The summed E-state index contributed by atoms with van der Waals surface area (Å²) in [5.41, 5.74) is 6.62. The average molecular weight is 483 g/mol. The summed E-state index contributed by atoms with van der Waals surface area (Å²) < 4.78 is 2.17. The van der Waals surface area contributed by atoms with E-state index >= 15 is 0 Å². The molecule has 0 amide bonds. The molecule has 6 nitrogen and oxygen atoms in total. The Morgan fingerprint density at radius 1 is 1.03 bits per heavy atom. The van der Waals surface area contributed by atoms with Gasteiger partial charge >= 0.3 is 5.97 Å². The van der Waals surface area contributed by atoms with Crippen molar-refractivity contribution in [2.75, 3.05) is 0 Å². The highest BCUT2D eigenvalue weighted by Crippen LogP contribution is 2.42. The molecule has 0 radical (unpaired) electrons. The molecule has 0 bridgehead atoms. The Labute approximate surface area is 209 Å².